The number of anilines is 2. The number of halogens is 4. The normalized spacial score (nSPS) is 15.0. The number of carboxylic acid groups (broad SMARTS) is 1. The average molecular weight is 420 g/mol. The van der Waals surface area contributed by atoms with Crippen molar-refractivity contribution in [2.24, 2.45) is 11.8 Å². The molecule has 1 atom stereocenters. The molecule has 1 aromatic rings. The summed E-state index contributed by atoms with van der Waals surface area (Å²) in [5.74, 6) is -6.53. The number of hydrogen-bond acceptors (Lipinski definition) is 4. The largest absolute Gasteiger partial charge is 0.481 e. The first-order valence-corrected chi connectivity index (χ1v) is 8.73. The maximum absolute atomic E-state index is 14.3. The number of rotatable bonds is 7. The number of carbonyl (C=O) groups is 3. The summed E-state index contributed by atoms with van der Waals surface area (Å²) in [6.45, 7) is 3.72. The highest BCUT2D eigenvalue weighted by Gasteiger charge is 2.42. The fourth-order valence-corrected chi connectivity index (χ4v) is 2.82. The molecule has 1 aliphatic heterocycles. The number of amides is 2. The van der Waals surface area contributed by atoms with Crippen LogP contribution in [0.4, 0.5) is 28.9 Å². The van der Waals surface area contributed by atoms with Crippen LogP contribution in [0.15, 0.2) is 12.1 Å². The van der Waals surface area contributed by atoms with Gasteiger partial charge >= 0.3 is 12.1 Å². The lowest BCUT2D eigenvalue weighted by Gasteiger charge is -2.31. The van der Waals surface area contributed by atoms with E-state index in [1.807, 2.05) is 19.2 Å². The molecule has 29 heavy (non-hydrogen) atoms. The Morgan fingerprint density at radius 1 is 1.28 bits per heavy atom. The van der Waals surface area contributed by atoms with Crippen LogP contribution in [0.5, 0.6) is 5.75 Å². The molecule has 7 nitrogen and oxygen atoms in total. The number of nitrogens with zero attached hydrogens (tertiary/aromatic N) is 1. The minimum Gasteiger partial charge on any atom is -0.481 e. The molecule has 0 saturated carbocycles. The maximum Gasteiger partial charge on any atom is 0.392 e. The SMILES string of the molecule is CC(C)CN1C(=O)COc2cc(F)c(NC(=O)CC(CC(=O)O)C(F)(F)F)cc21. The van der Waals surface area contributed by atoms with E-state index >= 15 is 0 Å². The summed E-state index contributed by atoms with van der Waals surface area (Å²) in [7, 11) is 0. The third-order valence-corrected chi connectivity index (χ3v) is 4.13. The minimum absolute atomic E-state index is 0.0663. The van der Waals surface area contributed by atoms with Gasteiger partial charge in [-0.1, -0.05) is 13.8 Å². The quantitative estimate of drug-likeness (QED) is 0.661. The van der Waals surface area contributed by atoms with Gasteiger partial charge in [0.05, 0.1) is 23.7 Å². The predicted octanol–water partition coefficient (Wildman–Crippen LogP) is 3.19. The average Bonchev–Trinajstić information content (AvgIpc) is 2.56. The van der Waals surface area contributed by atoms with Crippen molar-refractivity contribution in [1.29, 1.82) is 0 Å². The van der Waals surface area contributed by atoms with E-state index in [0.29, 0.717) is 6.54 Å². The number of carboxylic acids is 1. The molecular formula is C18H20F4N2O5. The van der Waals surface area contributed by atoms with Crippen molar-refractivity contribution in [3.05, 3.63) is 17.9 Å². The van der Waals surface area contributed by atoms with Crippen molar-refractivity contribution in [1.82, 2.24) is 0 Å². The Bertz CT molecular complexity index is 810. The van der Waals surface area contributed by atoms with E-state index in [0.717, 1.165) is 12.1 Å². The second-order valence-electron chi connectivity index (χ2n) is 7.08. The van der Waals surface area contributed by atoms with E-state index in [-0.39, 0.29) is 29.9 Å². The van der Waals surface area contributed by atoms with E-state index < -0.39 is 48.3 Å². The van der Waals surface area contributed by atoms with Gasteiger partial charge in [-0.15, -0.1) is 0 Å². The Balaban J connectivity index is 2.24. The molecule has 0 aromatic heterocycles. The lowest BCUT2D eigenvalue weighted by atomic mass is 10.0. The highest BCUT2D eigenvalue weighted by molar-refractivity contribution is 5.99. The van der Waals surface area contributed by atoms with Crippen LogP contribution in [0.1, 0.15) is 26.7 Å². The summed E-state index contributed by atoms with van der Waals surface area (Å²) in [5, 5.41) is 10.6. The van der Waals surface area contributed by atoms with E-state index in [1.54, 1.807) is 0 Å². The first-order chi connectivity index (χ1) is 13.4. The predicted molar refractivity (Wildman–Crippen MR) is 94.1 cm³/mol. The zero-order valence-electron chi connectivity index (χ0n) is 15.7. The number of hydrogen-bond donors (Lipinski definition) is 2. The molecule has 0 radical (unpaired) electrons. The topological polar surface area (TPSA) is 95.9 Å². The summed E-state index contributed by atoms with van der Waals surface area (Å²) in [4.78, 5) is 36.1. The third-order valence-electron chi connectivity index (χ3n) is 4.13. The summed E-state index contributed by atoms with van der Waals surface area (Å²) >= 11 is 0. The molecule has 0 spiro atoms. The van der Waals surface area contributed by atoms with Crippen LogP contribution < -0.4 is 15.0 Å². The first kappa shape index (κ1) is 22.4. The Hall–Kier alpha value is -2.85. The van der Waals surface area contributed by atoms with Gasteiger partial charge in [-0.2, -0.15) is 13.2 Å². The Morgan fingerprint density at radius 3 is 2.48 bits per heavy atom. The zero-order chi connectivity index (χ0) is 21.9. The van der Waals surface area contributed by atoms with E-state index in [2.05, 4.69) is 0 Å². The monoisotopic (exact) mass is 420 g/mol. The summed E-state index contributed by atoms with van der Waals surface area (Å²) in [6, 6.07) is 2.05. The van der Waals surface area contributed by atoms with Crippen molar-refractivity contribution in [2.45, 2.75) is 32.9 Å². The molecule has 11 heteroatoms. The molecule has 2 amide bonds. The molecule has 0 aliphatic carbocycles. The van der Waals surface area contributed by atoms with Crippen LogP contribution >= 0.6 is 0 Å². The fourth-order valence-electron chi connectivity index (χ4n) is 2.82. The molecule has 1 aliphatic rings. The van der Waals surface area contributed by atoms with Crippen molar-refractivity contribution >= 4 is 29.2 Å². The number of ether oxygens (including phenoxy) is 1. The highest BCUT2D eigenvalue weighted by atomic mass is 19.4. The van der Waals surface area contributed by atoms with E-state index in [4.69, 9.17) is 9.84 Å². The van der Waals surface area contributed by atoms with Gasteiger partial charge in [0.25, 0.3) is 5.91 Å². The Kier molecular flexibility index (Phi) is 6.70. The second kappa shape index (κ2) is 8.66. The molecule has 160 valence electrons. The summed E-state index contributed by atoms with van der Waals surface area (Å²) in [5.41, 5.74) is -0.249. The number of aliphatic carboxylic acids is 1. The van der Waals surface area contributed by atoms with Crippen LogP contribution in [0.3, 0.4) is 0 Å². The lowest BCUT2D eigenvalue weighted by Crippen LogP contribution is -2.41. The molecular weight excluding hydrogens is 400 g/mol. The van der Waals surface area contributed by atoms with Gasteiger partial charge in [-0.3, -0.25) is 14.4 Å². The Morgan fingerprint density at radius 2 is 1.93 bits per heavy atom. The van der Waals surface area contributed by atoms with Crippen LogP contribution in [0.25, 0.3) is 0 Å². The molecule has 1 aromatic carbocycles. The number of nitrogens with one attached hydrogen (secondary N) is 1. The number of benzene rings is 1. The van der Waals surface area contributed by atoms with Crippen molar-refractivity contribution in [2.75, 3.05) is 23.4 Å². The van der Waals surface area contributed by atoms with Crippen LogP contribution in [-0.4, -0.2) is 42.2 Å². The molecule has 0 saturated heterocycles. The van der Waals surface area contributed by atoms with Gasteiger partial charge in [0.15, 0.2) is 12.4 Å². The molecule has 0 bridgehead atoms. The first-order valence-electron chi connectivity index (χ1n) is 8.73. The smallest absolute Gasteiger partial charge is 0.392 e. The number of carbonyl (C=O) groups excluding carboxylic acids is 2. The van der Waals surface area contributed by atoms with Crippen molar-refractivity contribution < 1.29 is 41.8 Å². The van der Waals surface area contributed by atoms with Crippen LogP contribution in [-0.2, 0) is 14.4 Å². The third kappa shape index (κ3) is 5.81. The molecule has 1 unspecified atom stereocenters. The van der Waals surface area contributed by atoms with Crippen molar-refractivity contribution in [3.63, 3.8) is 0 Å². The van der Waals surface area contributed by atoms with Crippen molar-refractivity contribution in [3.8, 4) is 5.75 Å². The summed E-state index contributed by atoms with van der Waals surface area (Å²) < 4.78 is 58.2. The highest BCUT2D eigenvalue weighted by Crippen LogP contribution is 2.37. The van der Waals surface area contributed by atoms with Crippen LogP contribution in [0, 0.1) is 17.7 Å². The summed E-state index contributed by atoms with van der Waals surface area (Å²) in [6.07, 6.45) is -7.37. The maximum atomic E-state index is 14.3. The minimum atomic E-state index is -4.90. The number of alkyl halides is 3. The van der Waals surface area contributed by atoms with Gasteiger partial charge in [0.2, 0.25) is 5.91 Å². The Labute approximate surface area is 163 Å². The van der Waals surface area contributed by atoms with E-state index in [9.17, 15) is 31.9 Å². The molecule has 0 fully saturated rings. The zero-order valence-corrected chi connectivity index (χ0v) is 15.7. The molecule has 2 rings (SSSR count). The number of fused-ring (bicyclic) bond motifs is 1. The van der Waals surface area contributed by atoms with Gasteiger partial charge in [-0.25, -0.2) is 4.39 Å². The van der Waals surface area contributed by atoms with E-state index in [1.165, 1.54) is 4.90 Å². The van der Waals surface area contributed by atoms with Gasteiger partial charge in [0, 0.05) is 19.0 Å². The van der Waals surface area contributed by atoms with Gasteiger partial charge in [-0.05, 0) is 12.0 Å². The fraction of sp³-hybridized carbons (Fsp3) is 0.500. The lowest BCUT2D eigenvalue weighted by molar-refractivity contribution is -0.185. The van der Waals surface area contributed by atoms with Gasteiger partial charge in [0.1, 0.15) is 5.75 Å². The van der Waals surface area contributed by atoms with Gasteiger partial charge < -0.3 is 20.1 Å². The van der Waals surface area contributed by atoms with Crippen LogP contribution in [0.2, 0.25) is 0 Å². The molecule has 1 heterocycles. The molecule has 2 N–H and O–H groups in total. The second-order valence-corrected chi connectivity index (χ2v) is 7.08. The standard InChI is InChI=1S/C18H20F4N2O5/c1-9(2)7-24-13-6-12(11(19)5-14(13)29-8-16(24)26)23-15(25)3-10(4-17(27)28)18(20,21)22/h5-6,9-10H,3-4,7-8H2,1-2H3,(H,23,25)(H,27,28).